The van der Waals surface area contributed by atoms with Gasteiger partial charge in [-0.2, -0.15) is 5.10 Å². The van der Waals surface area contributed by atoms with Gasteiger partial charge >= 0.3 is 0 Å². The van der Waals surface area contributed by atoms with Crippen LogP contribution in [0.1, 0.15) is 30.4 Å². The lowest BCUT2D eigenvalue weighted by atomic mass is 10.2. The van der Waals surface area contributed by atoms with Crippen LogP contribution in [-0.4, -0.2) is 22.3 Å². The van der Waals surface area contributed by atoms with Gasteiger partial charge in [0, 0.05) is 12.0 Å². The topological polar surface area (TPSA) is 54.9 Å². The van der Waals surface area contributed by atoms with Crippen LogP contribution in [0.4, 0.5) is 0 Å². The van der Waals surface area contributed by atoms with Crippen molar-refractivity contribution < 1.29 is 9.21 Å². The fourth-order valence-corrected chi connectivity index (χ4v) is 3.00. The van der Waals surface area contributed by atoms with Gasteiger partial charge in [-0.1, -0.05) is 29.1 Å². The molecule has 0 amide bonds. The summed E-state index contributed by atoms with van der Waals surface area (Å²) in [5.41, 5.74) is 1.48. The van der Waals surface area contributed by atoms with Gasteiger partial charge in [-0.05, 0) is 43.2 Å². The van der Waals surface area contributed by atoms with E-state index in [0.717, 1.165) is 16.3 Å². The van der Waals surface area contributed by atoms with E-state index in [-0.39, 0.29) is 5.78 Å². The number of Topliss-reactive ketones (excluding diaryl/α,β-unsaturated/α-hetero) is 1. The Morgan fingerprint density at radius 1 is 1.20 bits per heavy atom. The fourth-order valence-electron chi connectivity index (χ4n) is 2.00. The quantitative estimate of drug-likeness (QED) is 0.706. The molecule has 0 atom stereocenters. The number of carbonyl (C=O) groups excluding carboxylic acids is 1. The predicted octanol–water partition coefficient (Wildman–Crippen LogP) is 4.81. The molecule has 1 aliphatic heterocycles. The predicted molar refractivity (Wildman–Crippen MR) is 103 cm³/mol. The molecule has 2 heterocycles. The number of halogens is 2. The Labute approximate surface area is 159 Å². The monoisotopic (exact) mass is 390 g/mol. The highest BCUT2D eigenvalue weighted by Crippen LogP contribution is 2.22. The lowest BCUT2D eigenvalue weighted by Gasteiger charge is -1.97. The van der Waals surface area contributed by atoms with Gasteiger partial charge in [-0.15, -0.1) is 16.9 Å². The Morgan fingerprint density at radius 2 is 2.04 bits per heavy atom. The first-order valence-corrected chi connectivity index (χ1v) is 9.08. The first-order valence-electron chi connectivity index (χ1n) is 7.34. The largest absolute Gasteiger partial charge is 0.446 e. The standard InChI is InChI=1S/C18H12Cl2N2O2S/c1-11(23)10-25-18-9-16(21-22-18)17-7-5-13(24-17)4-2-12-3-6-14(19)15(20)8-12/h3,5-8H,9-10H2,1H3. The lowest BCUT2D eigenvalue weighted by Crippen LogP contribution is -2.03. The highest BCUT2D eigenvalue weighted by Gasteiger charge is 2.18. The summed E-state index contributed by atoms with van der Waals surface area (Å²) in [6.07, 6.45) is 0.561. The Balaban J connectivity index is 1.65. The normalized spacial score (nSPS) is 13.1. The Kier molecular flexibility index (Phi) is 5.64. The van der Waals surface area contributed by atoms with Gasteiger partial charge in [-0.3, -0.25) is 4.79 Å². The minimum absolute atomic E-state index is 0.110. The van der Waals surface area contributed by atoms with E-state index in [1.165, 1.54) is 11.8 Å². The highest BCUT2D eigenvalue weighted by atomic mass is 35.5. The number of hydrogen-bond acceptors (Lipinski definition) is 5. The van der Waals surface area contributed by atoms with E-state index in [0.29, 0.717) is 33.7 Å². The van der Waals surface area contributed by atoms with Crippen molar-refractivity contribution in [1.29, 1.82) is 0 Å². The summed E-state index contributed by atoms with van der Waals surface area (Å²) in [6.45, 7) is 1.55. The first kappa shape index (κ1) is 17.8. The van der Waals surface area contributed by atoms with Gasteiger partial charge in [0.1, 0.15) is 16.5 Å². The van der Waals surface area contributed by atoms with Crippen molar-refractivity contribution in [2.24, 2.45) is 10.2 Å². The second kappa shape index (κ2) is 7.92. The molecule has 1 aromatic heterocycles. The maximum atomic E-state index is 11.0. The summed E-state index contributed by atoms with van der Waals surface area (Å²) in [6, 6.07) is 8.79. The van der Waals surface area contributed by atoms with Crippen molar-refractivity contribution in [2.75, 3.05) is 5.75 Å². The molecule has 0 bridgehead atoms. The summed E-state index contributed by atoms with van der Waals surface area (Å²) < 4.78 is 5.70. The van der Waals surface area contributed by atoms with Gasteiger partial charge in [-0.25, -0.2) is 0 Å². The van der Waals surface area contributed by atoms with Crippen LogP contribution in [0.3, 0.4) is 0 Å². The molecule has 0 saturated heterocycles. The number of nitrogens with zero attached hydrogens (tertiary/aromatic N) is 2. The van der Waals surface area contributed by atoms with Crippen LogP contribution in [0, 0.1) is 11.8 Å². The molecule has 0 saturated carbocycles. The van der Waals surface area contributed by atoms with Crippen LogP contribution < -0.4 is 0 Å². The van der Waals surface area contributed by atoms with E-state index >= 15 is 0 Å². The van der Waals surface area contributed by atoms with Crippen LogP contribution in [0.2, 0.25) is 10.0 Å². The first-order chi connectivity index (χ1) is 12.0. The minimum Gasteiger partial charge on any atom is -0.446 e. The van der Waals surface area contributed by atoms with Gasteiger partial charge in [0.05, 0.1) is 15.8 Å². The second-order valence-electron chi connectivity index (χ2n) is 5.25. The molecule has 0 unspecified atom stereocenters. The lowest BCUT2D eigenvalue weighted by molar-refractivity contribution is -0.114. The molecule has 0 aliphatic carbocycles. The molecule has 4 nitrogen and oxygen atoms in total. The van der Waals surface area contributed by atoms with Crippen molar-refractivity contribution in [2.45, 2.75) is 13.3 Å². The molecule has 1 aliphatic rings. The highest BCUT2D eigenvalue weighted by molar-refractivity contribution is 8.14. The van der Waals surface area contributed by atoms with E-state index in [2.05, 4.69) is 22.0 Å². The summed E-state index contributed by atoms with van der Waals surface area (Å²) >= 11 is 13.3. The van der Waals surface area contributed by atoms with E-state index in [4.69, 9.17) is 27.6 Å². The van der Waals surface area contributed by atoms with Crippen LogP contribution >= 0.6 is 35.0 Å². The molecular weight excluding hydrogens is 379 g/mol. The fraction of sp³-hybridized carbons (Fsp3) is 0.167. The molecule has 1 aromatic carbocycles. The molecule has 2 aromatic rings. The third-order valence-corrected chi connectivity index (χ3v) is 5.03. The third kappa shape index (κ3) is 4.76. The van der Waals surface area contributed by atoms with Gasteiger partial charge in [0.2, 0.25) is 0 Å². The zero-order valence-corrected chi connectivity index (χ0v) is 15.5. The van der Waals surface area contributed by atoms with Crippen molar-refractivity contribution in [3.05, 3.63) is 57.5 Å². The Hall–Kier alpha value is -2.00. The molecule has 3 rings (SSSR count). The summed E-state index contributed by atoms with van der Waals surface area (Å²) in [7, 11) is 0. The summed E-state index contributed by atoms with van der Waals surface area (Å²) in [5.74, 6) is 7.58. The number of ketones is 1. The van der Waals surface area contributed by atoms with Gasteiger partial charge in [0.25, 0.3) is 0 Å². The molecule has 0 radical (unpaired) electrons. The van der Waals surface area contributed by atoms with Crippen molar-refractivity contribution in [1.82, 2.24) is 0 Å². The molecule has 25 heavy (non-hydrogen) atoms. The molecular formula is C18H12Cl2N2O2S. The minimum atomic E-state index is 0.110. The number of furan rings is 1. The maximum absolute atomic E-state index is 11.0. The smallest absolute Gasteiger partial charge is 0.177 e. The van der Waals surface area contributed by atoms with Gasteiger partial charge in [0.15, 0.2) is 11.5 Å². The third-order valence-electron chi connectivity index (χ3n) is 3.18. The van der Waals surface area contributed by atoms with Crippen molar-refractivity contribution in [3.63, 3.8) is 0 Å². The van der Waals surface area contributed by atoms with E-state index in [1.807, 2.05) is 6.07 Å². The van der Waals surface area contributed by atoms with Crippen LogP contribution in [0.15, 0.2) is 45.0 Å². The number of thioether (sulfide) groups is 1. The average Bonchev–Trinajstić information content (AvgIpc) is 3.23. The maximum Gasteiger partial charge on any atom is 0.177 e. The molecule has 0 N–H and O–H groups in total. The van der Waals surface area contributed by atoms with Crippen molar-refractivity contribution in [3.8, 4) is 11.8 Å². The number of hydrogen-bond donors (Lipinski definition) is 0. The Morgan fingerprint density at radius 3 is 2.80 bits per heavy atom. The number of carbonyl (C=O) groups is 1. The van der Waals surface area contributed by atoms with Gasteiger partial charge < -0.3 is 4.42 Å². The van der Waals surface area contributed by atoms with E-state index < -0.39 is 0 Å². The average molecular weight is 391 g/mol. The van der Waals surface area contributed by atoms with E-state index in [9.17, 15) is 4.79 Å². The second-order valence-corrected chi connectivity index (χ2v) is 7.11. The Bertz CT molecular complexity index is 951. The zero-order valence-electron chi connectivity index (χ0n) is 13.2. The molecule has 7 heteroatoms. The SMILES string of the molecule is CC(=O)CSC1=NN=C(c2ccc(C#Cc3ccc(Cl)c(Cl)c3)o2)C1. The summed E-state index contributed by atoms with van der Waals surface area (Å²) in [5, 5.41) is 9.96. The zero-order chi connectivity index (χ0) is 17.8. The molecule has 126 valence electrons. The number of rotatable bonds is 3. The number of benzene rings is 1. The summed E-state index contributed by atoms with van der Waals surface area (Å²) in [4.78, 5) is 11.0. The van der Waals surface area contributed by atoms with Crippen LogP contribution in [-0.2, 0) is 4.79 Å². The van der Waals surface area contributed by atoms with Crippen LogP contribution in [0.5, 0.6) is 0 Å². The molecule has 0 fully saturated rings. The molecule has 0 spiro atoms. The van der Waals surface area contributed by atoms with Crippen LogP contribution in [0.25, 0.3) is 0 Å². The van der Waals surface area contributed by atoms with E-state index in [1.54, 1.807) is 31.2 Å². The van der Waals surface area contributed by atoms with Crippen molar-refractivity contribution >= 4 is 51.5 Å².